The van der Waals surface area contributed by atoms with Crippen LogP contribution < -0.4 is 36.1 Å². The lowest BCUT2D eigenvalue weighted by atomic mass is 9.91. The van der Waals surface area contributed by atoms with E-state index >= 15 is 0 Å². The number of nitrogens with zero attached hydrogens (tertiary/aromatic N) is 2. The molecule has 6 rings (SSSR count). The van der Waals surface area contributed by atoms with Crippen LogP contribution in [0.2, 0.25) is 0 Å². The molecule has 0 spiro atoms. The second-order valence-corrected chi connectivity index (χ2v) is 12.7. The summed E-state index contributed by atoms with van der Waals surface area (Å²) >= 11 is 0. The van der Waals surface area contributed by atoms with Crippen LogP contribution in [0.4, 0.5) is 11.5 Å². The predicted molar refractivity (Wildman–Crippen MR) is 191 cm³/mol. The number of amides is 2. The summed E-state index contributed by atoms with van der Waals surface area (Å²) in [5.74, 6) is 2.06. The van der Waals surface area contributed by atoms with Gasteiger partial charge in [0.2, 0.25) is 23.6 Å². The van der Waals surface area contributed by atoms with Crippen LogP contribution >= 0.6 is 0 Å². The first kappa shape index (κ1) is 33.9. The van der Waals surface area contributed by atoms with Gasteiger partial charge in [-0.15, -0.1) is 0 Å². The highest BCUT2D eigenvalue weighted by Crippen LogP contribution is 2.36. The molecule has 0 radical (unpaired) electrons. The van der Waals surface area contributed by atoms with Gasteiger partial charge in [-0.25, -0.2) is 4.98 Å². The van der Waals surface area contributed by atoms with E-state index in [-0.39, 0.29) is 23.9 Å². The van der Waals surface area contributed by atoms with Gasteiger partial charge >= 0.3 is 0 Å². The predicted octanol–water partition coefficient (Wildman–Crippen LogP) is 4.92. The monoisotopic (exact) mass is 663 g/mol. The minimum atomic E-state index is 0.116. The number of carbonyl (C=O) groups excluding carboxylic acids is 2. The van der Waals surface area contributed by atoms with E-state index in [2.05, 4.69) is 76.8 Å². The fraction of sp³-hybridized carbons (Fsp3) is 0.368. The van der Waals surface area contributed by atoms with Crippen LogP contribution in [0, 0.1) is 13.8 Å². The molecule has 0 unspecified atom stereocenters. The van der Waals surface area contributed by atoms with Crippen molar-refractivity contribution in [3.63, 3.8) is 0 Å². The molecular weight excluding hydrogens is 618 g/mol. The van der Waals surface area contributed by atoms with Crippen LogP contribution in [0.5, 0.6) is 11.8 Å². The normalized spacial score (nSPS) is 17.1. The van der Waals surface area contributed by atoms with Crippen molar-refractivity contribution in [3.05, 3.63) is 82.9 Å². The first-order chi connectivity index (χ1) is 23.8. The molecular formula is C38H45N7O4. The summed E-state index contributed by atoms with van der Waals surface area (Å²) in [6, 6.07) is 20.9. The molecule has 2 aliphatic heterocycles. The van der Waals surface area contributed by atoms with Crippen molar-refractivity contribution in [1.29, 1.82) is 0 Å². The van der Waals surface area contributed by atoms with Crippen LogP contribution in [-0.2, 0) is 22.7 Å². The minimum absolute atomic E-state index is 0.116. The van der Waals surface area contributed by atoms with Crippen molar-refractivity contribution in [1.82, 2.24) is 31.2 Å². The summed E-state index contributed by atoms with van der Waals surface area (Å²) in [5, 5.41) is 16.3. The Labute approximate surface area is 287 Å². The molecule has 2 aromatic carbocycles. The van der Waals surface area contributed by atoms with E-state index in [1.807, 2.05) is 24.3 Å². The van der Waals surface area contributed by atoms with Crippen molar-refractivity contribution in [2.75, 3.05) is 32.6 Å². The average molecular weight is 664 g/mol. The third-order valence-corrected chi connectivity index (χ3v) is 9.34. The van der Waals surface area contributed by atoms with Gasteiger partial charge in [0.15, 0.2) is 0 Å². The molecule has 2 saturated heterocycles. The largest absolute Gasteiger partial charge is 0.481 e. The molecule has 256 valence electrons. The van der Waals surface area contributed by atoms with Crippen LogP contribution in [0.1, 0.15) is 47.9 Å². The van der Waals surface area contributed by atoms with Gasteiger partial charge in [0.05, 0.1) is 19.9 Å². The lowest BCUT2D eigenvalue weighted by Gasteiger charge is -2.18. The van der Waals surface area contributed by atoms with Gasteiger partial charge in [0.1, 0.15) is 5.82 Å². The smallest absolute Gasteiger partial charge is 0.220 e. The summed E-state index contributed by atoms with van der Waals surface area (Å²) in [5.41, 5.74) is 9.19. The van der Waals surface area contributed by atoms with E-state index in [0.717, 1.165) is 63.2 Å². The number of anilines is 2. The molecule has 0 aliphatic carbocycles. The Morgan fingerprint density at radius 2 is 1.24 bits per heavy atom. The number of rotatable bonds is 14. The molecule has 2 aromatic heterocycles. The van der Waals surface area contributed by atoms with Crippen LogP contribution in [0.25, 0.3) is 22.4 Å². The first-order valence-corrected chi connectivity index (χ1v) is 16.9. The molecule has 4 heterocycles. The molecule has 5 N–H and O–H groups in total. The number of benzene rings is 2. The highest BCUT2D eigenvalue weighted by Gasteiger charge is 2.22. The Kier molecular flexibility index (Phi) is 10.7. The van der Waals surface area contributed by atoms with Crippen molar-refractivity contribution >= 4 is 23.3 Å². The van der Waals surface area contributed by atoms with Crippen molar-refractivity contribution in [3.8, 4) is 34.1 Å². The average Bonchev–Trinajstić information content (AvgIpc) is 3.73. The molecule has 0 saturated carbocycles. The number of carbonyl (C=O) groups is 2. The van der Waals surface area contributed by atoms with Gasteiger partial charge in [0, 0.05) is 73.5 Å². The van der Waals surface area contributed by atoms with E-state index in [1.54, 1.807) is 14.2 Å². The molecule has 11 heteroatoms. The number of hydrogen-bond acceptors (Lipinski definition) is 9. The molecule has 0 bridgehead atoms. The highest BCUT2D eigenvalue weighted by atomic mass is 16.5. The minimum Gasteiger partial charge on any atom is -0.481 e. The summed E-state index contributed by atoms with van der Waals surface area (Å²) in [6.07, 6.45) is 2.89. The van der Waals surface area contributed by atoms with E-state index in [1.165, 1.54) is 0 Å². The quantitative estimate of drug-likeness (QED) is 0.127. The number of pyridine rings is 2. The first-order valence-electron chi connectivity index (χ1n) is 16.9. The second kappa shape index (κ2) is 15.5. The Hall–Kier alpha value is -5.00. The molecule has 49 heavy (non-hydrogen) atoms. The number of aromatic nitrogens is 2. The zero-order chi connectivity index (χ0) is 34.3. The molecule has 11 nitrogen and oxygen atoms in total. The van der Waals surface area contributed by atoms with E-state index in [9.17, 15) is 9.59 Å². The third kappa shape index (κ3) is 8.01. The van der Waals surface area contributed by atoms with Crippen molar-refractivity contribution in [2.24, 2.45) is 0 Å². The number of nitrogens with one attached hydrogen (secondary N) is 5. The number of methoxy groups -OCH3 is 2. The van der Waals surface area contributed by atoms with Gasteiger partial charge in [-0.2, -0.15) is 4.98 Å². The van der Waals surface area contributed by atoms with E-state index in [0.29, 0.717) is 56.6 Å². The summed E-state index contributed by atoms with van der Waals surface area (Å²) in [4.78, 5) is 32.6. The maximum absolute atomic E-state index is 11.5. The zero-order valence-electron chi connectivity index (χ0n) is 28.6. The standard InChI is InChI=1S/C38H45N7O4/c1-23-29(7-5-9-31(23)33-15-11-25(37(44-33)48-3)19-39-21-27-13-17-35(46)41-27)30-8-6-10-32(24(30)2)43-34-16-12-26(38(45-34)49-4)20-40-22-28-14-18-36(47)42-28/h5-12,15-16,27-28,39-40H,13-14,17-22H2,1-4H3,(H,41,46)(H,42,47)(H,43,45)/t27-,28-/m0/s1. The van der Waals surface area contributed by atoms with Crippen LogP contribution in [-0.4, -0.2) is 61.2 Å². The molecule has 2 aliphatic rings. The number of hydrogen-bond donors (Lipinski definition) is 5. The lowest BCUT2D eigenvalue weighted by Crippen LogP contribution is -2.35. The Morgan fingerprint density at radius 3 is 1.84 bits per heavy atom. The SMILES string of the molecule is COc1nc(Nc2cccc(-c3cccc(-c4ccc(CNC[C@@H]5CCC(=O)N5)c(OC)n4)c3C)c2C)ccc1CNC[C@@H]1CCC(=O)N1. The molecule has 4 aromatic rings. The fourth-order valence-corrected chi connectivity index (χ4v) is 6.61. The molecule has 2 atom stereocenters. The third-order valence-electron chi connectivity index (χ3n) is 9.34. The van der Waals surface area contributed by atoms with Crippen LogP contribution in [0.3, 0.4) is 0 Å². The van der Waals surface area contributed by atoms with Crippen LogP contribution in [0.15, 0.2) is 60.7 Å². The maximum Gasteiger partial charge on any atom is 0.220 e. The van der Waals surface area contributed by atoms with Gasteiger partial charge in [0.25, 0.3) is 0 Å². The molecule has 2 amide bonds. The highest BCUT2D eigenvalue weighted by molar-refractivity contribution is 5.82. The lowest BCUT2D eigenvalue weighted by molar-refractivity contribution is -0.120. The van der Waals surface area contributed by atoms with E-state index in [4.69, 9.17) is 19.4 Å². The van der Waals surface area contributed by atoms with Gasteiger partial charge < -0.3 is 36.1 Å². The van der Waals surface area contributed by atoms with Crippen molar-refractivity contribution < 1.29 is 19.1 Å². The Bertz CT molecular complexity index is 1830. The zero-order valence-corrected chi connectivity index (χ0v) is 28.6. The Balaban J connectivity index is 1.16. The maximum atomic E-state index is 11.5. The second-order valence-electron chi connectivity index (χ2n) is 12.7. The fourth-order valence-electron chi connectivity index (χ4n) is 6.61. The van der Waals surface area contributed by atoms with E-state index < -0.39 is 0 Å². The number of ether oxygens (including phenoxy) is 2. The molecule has 2 fully saturated rings. The van der Waals surface area contributed by atoms with Gasteiger partial charge in [-0.05, 0) is 73.2 Å². The summed E-state index contributed by atoms with van der Waals surface area (Å²) in [6.45, 7) is 6.85. The van der Waals surface area contributed by atoms with Gasteiger partial charge in [-0.3, -0.25) is 9.59 Å². The van der Waals surface area contributed by atoms with Gasteiger partial charge in [-0.1, -0.05) is 36.4 Å². The summed E-state index contributed by atoms with van der Waals surface area (Å²) in [7, 11) is 3.27. The van der Waals surface area contributed by atoms with Crippen molar-refractivity contribution in [2.45, 2.75) is 64.7 Å². The Morgan fingerprint density at radius 1 is 0.694 bits per heavy atom. The summed E-state index contributed by atoms with van der Waals surface area (Å²) < 4.78 is 11.3. The topological polar surface area (TPSA) is 139 Å².